The second-order valence-corrected chi connectivity index (χ2v) is 9.26. The Morgan fingerprint density at radius 2 is 2.23 bits per heavy atom. The summed E-state index contributed by atoms with van der Waals surface area (Å²) in [6, 6.07) is -1.01. The lowest BCUT2D eigenvalue weighted by Crippen LogP contribution is -2.47. The van der Waals surface area contributed by atoms with Gasteiger partial charge < -0.3 is 36.6 Å². The van der Waals surface area contributed by atoms with Crippen molar-refractivity contribution in [2.45, 2.75) is 43.2 Å². The zero-order chi connectivity index (χ0) is 22.8. The lowest BCUT2D eigenvalue weighted by atomic mass is 10.1. The van der Waals surface area contributed by atoms with Gasteiger partial charge in [-0.3, -0.25) is 8.98 Å². The molecule has 0 spiro atoms. The van der Waals surface area contributed by atoms with Crippen molar-refractivity contribution < 1.29 is 32.3 Å². The van der Waals surface area contributed by atoms with Crippen LogP contribution in [0.25, 0.3) is 0 Å². The highest BCUT2D eigenvalue weighted by Gasteiger charge is 2.49. The molecule has 3 aliphatic rings. The molecule has 0 bridgehead atoms. The number of aliphatic hydroxyl groups excluding tert-OH is 2. The van der Waals surface area contributed by atoms with Crippen molar-refractivity contribution in [2.75, 3.05) is 18.6 Å². The van der Waals surface area contributed by atoms with Gasteiger partial charge >= 0.3 is 10.3 Å². The number of thioether (sulfide) groups is 1. The maximum atomic E-state index is 12.0. The van der Waals surface area contributed by atoms with Gasteiger partial charge in [-0.1, -0.05) is 0 Å². The Bertz CT molecular complexity index is 881. The molecule has 16 heteroatoms. The second kappa shape index (κ2) is 9.68. The highest BCUT2D eigenvalue weighted by atomic mass is 32.2. The number of nitrogens with zero attached hydrogens (tertiary/aromatic N) is 3. The molecule has 1 amide bonds. The van der Waals surface area contributed by atoms with Crippen LogP contribution in [0.1, 0.15) is 6.42 Å². The van der Waals surface area contributed by atoms with Crippen molar-refractivity contribution >= 4 is 40.7 Å². The summed E-state index contributed by atoms with van der Waals surface area (Å²) in [4.78, 5) is 21.6. The number of carbonyl (C=O) groups excluding carboxylic acids is 1. The standard InChI is InChI=1S/C15H25N7O7S2/c1-30-3-2-7(16)14(25)21-31(26,27)28-4-8-10(23)11(24)15(29-8)22-6-20-9-12(17)18-5-19-13(9)22/h5-8,10-11,13,15,23-24H,2-4,16-17H2,1H3,(H,18,19)(H,21,25)/t7-,8-,10+,11+,13-,15+/m1/s1. The fourth-order valence-electron chi connectivity index (χ4n) is 3.09. The molecule has 3 rings (SSSR count). The predicted molar refractivity (Wildman–Crippen MR) is 112 cm³/mol. The van der Waals surface area contributed by atoms with Crippen molar-refractivity contribution in [2.24, 2.45) is 21.5 Å². The number of hydrogen-bond acceptors (Lipinski definition) is 14. The fraction of sp³-hybridized carbons (Fsp3) is 0.667. The van der Waals surface area contributed by atoms with Crippen LogP contribution in [0.4, 0.5) is 0 Å². The molecule has 31 heavy (non-hydrogen) atoms. The van der Waals surface area contributed by atoms with Gasteiger partial charge in [-0.05, 0) is 18.4 Å². The Balaban J connectivity index is 1.57. The normalized spacial score (nSPS) is 31.0. The number of nitrogens with two attached hydrogens (primary N) is 2. The van der Waals surface area contributed by atoms with E-state index in [1.807, 2.05) is 6.26 Å². The Kier molecular flexibility index (Phi) is 7.40. The molecule has 0 aromatic carbocycles. The molecule has 0 aromatic heterocycles. The Hall–Kier alpha value is -1.95. The maximum absolute atomic E-state index is 12.0. The minimum atomic E-state index is -4.50. The molecular formula is C15H25N7O7S2. The summed E-state index contributed by atoms with van der Waals surface area (Å²) in [6.07, 6.45) is -1.01. The highest BCUT2D eigenvalue weighted by molar-refractivity contribution is 7.98. The van der Waals surface area contributed by atoms with Crippen LogP contribution in [0.3, 0.4) is 0 Å². The Labute approximate surface area is 183 Å². The molecule has 6 atom stereocenters. The van der Waals surface area contributed by atoms with E-state index in [4.69, 9.17) is 20.4 Å². The molecule has 0 saturated carbocycles. The molecule has 8 N–H and O–H groups in total. The van der Waals surface area contributed by atoms with E-state index in [-0.39, 0.29) is 5.82 Å². The number of ether oxygens (including phenoxy) is 1. The lowest BCUT2D eigenvalue weighted by molar-refractivity contribution is -0.120. The van der Waals surface area contributed by atoms with E-state index < -0.39 is 59.6 Å². The molecule has 0 aliphatic carbocycles. The average Bonchev–Trinajstić information content (AvgIpc) is 3.27. The first-order valence-corrected chi connectivity index (χ1v) is 12.0. The lowest BCUT2D eigenvalue weighted by Gasteiger charge is -2.30. The molecule has 1 saturated heterocycles. The summed E-state index contributed by atoms with van der Waals surface area (Å²) in [6.45, 7) is -0.650. The summed E-state index contributed by atoms with van der Waals surface area (Å²) in [5, 5.41) is 23.4. The van der Waals surface area contributed by atoms with Crippen molar-refractivity contribution in [3.05, 3.63) is 11.5 Å². The number of amides is 1. The van der Waals surface area contributed by atoms with Crippen LogP contribution < -0.4 is 21.5 Å². The molecule has 3 aliphatic heterocycles. The first kappa shape index (κ1) is 23.7. The number of aliphatic hydroxyl groups is 2. The fourth-order valence-corrected chi connectivity index (χ4v) is 4.35. The number of rotatable bonds is 9. The Morgan fingerprint density at radius 1 is 1.48 bits per heavy atom. The van der Waals surface area contributed by atoms with Gasteiger partial charge in [-0.2, -0.15) is 20.2 Å². The summed E-state index contributed by atoms with van der Waals surface area (Å²) in [5.41, 5.74) is 11.8. The zero-order valence-electron chi connectivity index (χ0n) is 16.5. The monoisotopic (exact) mass is 479 g/mol. The van der Waals surface area contributed by atoms with Gasteiger partial charge in [0.05, 0.1) is 25.3 Å². The van der Waals surface area contributed by atoms with Gasteiger partial charge in [0.2, 0.25) is 0 Å². The van der Waals surface area contributed by atoms with Gasteiger partial charge in [0.1, 0.15) is 29.8 Å². The maximum Gasteiger partial charge on any atom is 0.362 e. The van der Waals surface area contributed by atoms with Crippen LogP contribution in [0, 0.1) is 0 Å². The third kappa shape index (κ3) is 5.28. The molecule has 0 unspecified atom stereocenters. The van der Waals surface area contributed by atoms with Crippen LogP contribution in [0.5, 0.6) is 0 Å². The van der Waals surface area contributed by atoms with Gasteiger partial charge in [0.25, 0.3) is 5.91 Å². The van der Waals surface area contributed by atoms with E-state index >= 15 is 0 Å². The Morgan fingerprint density at radius 3 is 2.94 bits per heavy atom. The van der Waals surface area contributed by atoms with Crippen molar-refractivity contribution in [3.8, 4) is 0 Å². The first-order valence-electron chi connectivity index (χ1n) is 9.21. The van der Waals surface area contributed by atoms with Crippen molar-refractivity contribution in [1.82, 2.24) is 14.9 Å². The summed E-state index contributed by atoms with van der Waals surface area (Å²) < 4.78 is 36.1. The van der Waals surface area contributed by atoms with Crippen LogP contribution in [-0.2, 0) is 24.0 Å². The minimum absolute atomic E-state index is 0.282. The summed E-state index contributed by atoms with van der Waals surface area (Å²) in [5.74, 6) is -0.0431. The SMILES string of the molecule is CSCC[C@@H](N)C(=O)NS(=O)(=O)OC[C@H]1O[C@H](N2C=NC3=C(N)NC=N[C@@H]32)[C@@H](O)[C@H]1O. The van der Waals surface area contributed by atoms with E-state index in [0.29, 0.717) is 17.9 Å². The van der Waals surface area contributed by atoms with E-state index in [2.05, 4.69) is 15.3 Å². The molecule has 14 nitrogen and oxygen atoms in total. The third-order valence-corrected chi connectivity index (χ3v) is 6.32. The van der Waals surface area contributed by atoms with Crippen molar-refractivity contribution in [3.63, 3.8) is 0 Å². The quantitative estimate of drug-likeness (QED) is 0.189. The van der Waals surface area contributed by atoms with Crippen LogP contribution >= 0.6 is 11.8 Å². The number of hydrogen-bond donors (Lipinski definition) is 6. The van der Waals surface area contributed by atoms with Gasteiger partial charge in [-0.15, -0.1) is 0 Å². The number of aliphatic imine (C=N–C) groups is 2. The predicted octanol–water partition coefficient (Wildman–Crippen LogP) is -3.68. The van der Waals surface area contributed by atoms with E-state index in [0.717, 1.165) is 0 Å². The van der Waals surface area contributed by atoms with Crippen LogP contribution in [0.15, 0.2) is 21.5 Å². The molecule has 3 heterocycles. The largest absolute Gasteiger partial charge is 0.387 e. The first-order chi connectivity index (χ1) is 14.6. The van der Waals surface area contributed by atoms with Gasteiger partial charge in [0, 0.05) is 0 Å². The van der Waals surface area contributed by atoms with Crippen LogP contribution in [0.2, 0.25) is 0 Å². The number of nitrogens with one attached hydrogen (secondary N) is 2. The van der Waals surface area contributed by atoms with Gasteiger partial charge in [0.15, 0.2) is 12.4 Å². The number of fused-ring (bicyclic) bond motifs is 1. The summed E-state index contributed by atoms with van der Waals surface area (Å²) >= 11 is 1.47. The van der Waals surface area contributed by atoms with E-state index in [1.54, 1.807) is 4.72 Å². The molecule has 0 aromatic rings. The van der Waals surface area contributed by atoms with Gasteiger partial charge in [-0.25, -0.2) is 14.7 Å². The van der Waals surface area contributed by atoms with E-state index in [1.165, 1.54) is 29.3 Å². The second-order valence-electron chi connectivity index (χ2n) is 6.93. The topological polar surface area (TPSA) is 214 Å². The molecule has 174 valence electrons. The van der Waals surface area contributed by atoms with Crippen molar-refractivity contribution in [1.29, 1.82) is 0 Å². The third-order valence-electron chi connectivity index (χ3n) is 4.78. The number of carbonyl (C=O) groups is 1. The minimum Gasteiger partial charge on any atom is -0.387 e. The highest BCUT2D eigenvalue weighted by Crippen LogP contribution is 2.31. The summed E-state index contributed by atoms with van der Waals surface area (Å²) in [7, 11) is -4.50. The zero-order valence-corrected chi connectivity index (χ0v) is 18.1. The van der Waals surface area contributed by atoms with E-state index in [9.17, 15) is 23.4 Å². The van der Waals surface area contributed by atoms with Crippen LogP contribution in [-0.4, -0.2) is 97.5 Å². The molecule has 1 fully saturated rings. The molecule has 0 radical (unpaired) electrons. The average molecular weight is 480 g/mol. The smallest absolute Gasteiger partial charge is 0.362 e. The molecular weight excluding hydrogens is 454 g/mol.